The average Bonchev–Trinajstić information content (AvgIpc) is 3.48. The maximum atomic E-state index is 12.4. The fraction of sp³-hybridized carbons (Fsp3) is 0.0909. The predicted molar refractivity (Wildman–Crippen MR) is 130 cm³/mol. The maximum absolute atomic E-state index is 12.4. The van der Waals surface area contributed by atoms with E-state index in [1.807, 2.05) is 83.6 Å². The molecule has 0 atom stereocenters. The summed E-state index contributed by atoms with van der Waals surface area (Å²) in [5.41, 5.74) is 5.26. The van der Waals surface area contributed by atoms with Gasteiger partial charge in [0.15, 0.2) is 11.0 Å². The van der Waals surface area contributed by atoms with Crippen molar-refractivity contribution in [1.82, 2.24) is 20.2 Å². The molecule has 1 amide bonds. The molecule has 0 radical (unpaired) electrons. The third-order valence-electron chi connectivity index (χ3n) is 4.31. The van der Waals surface area contributed by atoms with Crippen LogP contribution in [0.15, 0.2) is 86.8 Å². The number of amides is 1. The van der Waals surface area contributed by atoms with Gasteiger partial charge in [-0.1, -0.05) is 64.1 Å². The number of thiophene rings is 1. The third-order valence-corrected chi connectivity index (χ3v) is 6.74. The van der Waals surface area contributed by atoms with E-state index in [4.69, 9.17) is 0 Å². The summed E-state index contributed by atoms with van der Waals surface area (Å²) < 4.78 is 2.94. The highest BCUT2D eigenvalue weighted by Crippen LogP contribution is 2.28. The lowest BCUT2D eigenvalue weighted by Crippen LogP contribution is -2.21. The number of hydrogen-bond donors (Lipinski definition) is 1. The lowest BCUT2D eigenvalue weighted by Gasteiger charge is -2.10. The van der Waals surface area contributed by atoms with E-state index < -0.39 is 0 Å². The molecule has 0 unspecified atom stereocenters. The molecule has 0 aliphatic heterocycles. The van der Waals surface area contributed by atoms with Crippen molar-refractivity contribution < 1.29 is 4.79 Å². The Balaban J connectivity index is 1.54. The zero-order chi connectivity index (χ0) is 21.6. The Morgan fingerprint density at radius 3 is 2.58 bits per heavy atom. The highest BCUT2D eigenvalue weighted by molar-refractivity contribution is 9.10. The Bertz CT molecular complexity index is 1190. The minimum absolute atomic E-state index is 0.171. The number of rotatable bonds is 7. The fourth-order valence-corrected chi connectivity index (χ4v) is 4.49. The first-order valence-electron chi connectivity index (χ1n) is 9.38. The quantitative estimate of drug-likeness (QED) is 0.205. The van der Waals surface area contributed by atoms with Crippen LogP contribution in [-0.4, -0.2) is 32.1 Å². The number of hydrogen-bond acceptors (Lipinski definition) is 6. The standard InChI is InChI=1S/C22H18BrN5OS2/c1-15(19-8-5-13-30-19)24-25-20(29)14-31-22-27-26-21(16-6-3-2-4-7-16)28(22)18-11-9-17(23)10-12-18/h2-13H,14H2,1H3,(H,25,29)/b24-15+. The summed E-state index contributed by atoms with van der Waals surface area (Å²) in [6.45, 7) is 1.87. The molecule has 1 N–H and O–H groups in total. The van der Waals surface area contributed by atoms with Gasteiger partial charge in [-0.3, -0.25) is 9.36 Å². The van der Waals surface area contributed by atoms with Gasteiger partial charge < -0.3 is 0 Å². The Kier molecular flexibility index (Phi) is 6.96. The SMILES string of the molecule is C/C(=N\NC(=O)CSc1nnc(-c2ccccc2)n1-c1ccc(Br)cc1)c1cccs1. The molecular weight excluding hydrogens is 494 g/mol. The third kappa shape index (κ3) is 5.30. The Hall–Kier alpha value is -2.75. The van der Waals surface area contributed by atoms with Crippen LogP contribution in [-0.2, 0) is 4.79 Å². The molecule has 2 aromatic carbocycles. The van der Waals surface area contributed by atoms with Gasteiger partial charge in [0.25, 0.3) is 5.91 Å². The molecule has 0 fully saturated rings. The van der Waals surface area contributed by atoms with Crippen molar-refractivity contribution in [3.63, 3.8) is 0 Å². The summed E-state index contributed by atoms with van der Waals surface area (Å²) in [6, 6.07) is 21.7. The summed E-state index contributed by atoms with van der Waals surface area (Å²) in [4.78, 5) is 13.4. The maximum Gasteiger partial charge on any atom is 0.250 e. The van der Waals surface area contributed by atoms with E-state index >= 15 is 0 Å². The van der Waals surface area contributed by atoms with Gasteiger partial charge in [-0.15, -0.1) is 21.5 Å². The van der Waals surface area contributed by atoms with E-state index in [-0.39, 0.29) is 11.7 Å². The van der Waals surface area contributed by atoms with Gasteiger partial charge in [0.2, 0.25) is 0 Å². The molecule has 0 spiro atoms. The molecule has 0 saturated carbocycles. The Labute approximate surface area is 196 Å². The highest BCUT2D eigenvalue weighted by Gasteiger charge is 2.17. The molecule has 2 heterocycles. The molecule has 0 aliphatic rings. The second-order valence-corrected chi connectivity index (χ2v) is 9.29. The van der Waals surface area contributed by atoms with Crippen LogP contribution in [0.5, 0.6) is 0 Å². The normalized spacial score (nSPS) is 11.5. The minimum atomic E-state index is -0.201. The van der Waals surface area contributed by atoms with Gasteiger partial charge in [-0.25, -0.2) is 5.43 Å². The van der Waals surface area contributed by atoms with Gasteiger partial charge in [-0.05, 0) is 42.6 Å². The van der Waals surface area contributed by atoms with E-state index in [1.165, 1.54) is 11.8 Å². The number of carbonyl (C=O) groups excluding carboxylic acids is 1. The summed E-state index contributed by atoms with van der Waals surface area (Å²) >= 11 is 6.37. The Morgan fingerprint density at radius 1 is 1.10 bits per heavy atom. The van der Waals surface area contributed by atoms with E-state index in [1.54, 1.807) is 11.3 Å². The van der Waals surface area contributed by atoms with Gasteiger partial charge in [0.1, 0.15) is 0 Å². The summed E-state index contributed by atoms with van der Waals surface area (Å²) in [5.74, 6) is 0.690. The van der Waals surface area contributed by atoms with Crippen LogP contribution in [0.4, 0.5) is 0 Å². The Morgan fingerprint density at radius 2 is 1.87 bits per heavy atom. The molecule has 156 valence electrons. The van der Waals surface area contributed by atoms with Crippen molar-refractivity contribution in [2.24, 2.45) is 5.10 Å². The first-order chi connectivity index (χ1) is 15.1. The van der Waals surface area contributed by atoms with Crippen molar-refractivity contribution in [3.05, 3.63) is 81.5 Å². The molecule has 0 bridgehead atoms. The summed E-state index contributed by atoms with van der Waals surface area (Å²) in [6.07, 6.45) is 0. The topological polar surface area (TPSA) is 72.2 Å². The van der Waals surface area contributed by atoms with Gasteiger partial charge in [0.05, 0.1) is 11.5 Å². The molecule has 2 aromatic heterocycles. The van der Waals surface area contributed by atoms with Crippen molar-refractivity contribution in [3.8, 4) is 17.1 Å². The number of nitrogens with zero attached hydrogens (tertiary/aromatic N) is 4. The molecule has 4 rings (SSSR count). The molecule has 0 aliphatic carbocycles. The number of nitrogens with one attached hydrogen (secondary N) is 1. The van der Waals surface area contributed by atoms with Crippen molar-refractivity contribution in [2.45, 2.75) is 12.1 Å². The first kappa shape index (κ1) is 21.5. The molecule has 9 heteroatoms. The van der Waals surface area contributed by atoms with E-state index in [9.17, 15) is 4.79 Å². The lowest BCUT2D eigenvalue weighted by molar-refractivity contribution is -0.118. The second kappa shape index (κ2) is 10.0. The van der Waals surface area contributed by atoms with Crippen molar-refractivity contribution in [2.75, 3.05) is 5.75 Å². The van der Waals surface area contributed by atoms with E-state index in [2.05, 4.69) is 36.7 Å². The predicted octanol–water partition coefficient (Wildman–Crippen LogP) is 5.39. The van der Waals surface area contributed by atoms with E-state index in [0.717, 1.165) is 32.1 Å². The first-order valence-corrected chi connectivity index (χ1v) is 12.0. The number of halogens is 1. The van der Waals surface area contributed by atoms with Crippen LogP contribution < -0.4 is 5.43 Å². The smallest absolute Gasteiger partial charge is 0.250 e. The van der Waals surface area contributed by atoms with Crippen LogP contribution >= 0.6 is 39.0 Å². The van der Waals surface area contributed by atoms with Crippen molar-refractivity contribution >= 4 is 50.6 Å². The molecule has 0 saturated heterocycles. The average molecular weight is 512 g/mol. The number of carbonyl (C=O) groups is 1. The second-order valence-electron chi connectivity index (χ2n) is 6.48. The van der Waals surface area contributed by atoms with Crippen LogP contribution in [0.1, 0.15) is 11.8 Å². The number of aromatic nitrogens is 3. The largest absolute Gasteiger partial charge is 0.272 e. The zero-order valence-corrected chi connectivity index (χ0v) is 19.7. The number of benzene rings is 2. The fourth-order valence-electron chi connectivity index (χ4n) is 2.81. The van der Waals surface area contributed by atoms with Crippen LogP contribution in [0.25, 0.3) is 17.1 Å². The molecular formula is C22H18BrN5OS2. The van der Waals surface area contributed by atoms with Crippen LogP contribution in [0.2, 0.25) is 0 Å². The summed E-state index contributed by atoms with van der Waals surface area (Å²) in [5, 5.41) is 15.5. The lowest BCUT2D eigenvalue weighted by atomic mass is 10.2. The van der Waals surface area contributed by atoms with Gasteiger partial charge in [-0.2, -0.15) is 5.10 Å². The zero-order valence-electron chi connectivity index (χ0n) is 16.5. The molecule has 6 nitrogen and oxygen atoms in total. The number of hydrazone groups is 1. The highest BCUT2D eigenvalue weighted by atomic mass is 79.9. The molecule has 4 aromatic rings. The van der Waals surface area contributed by atoms with Gasteiger partial charge in [0, 0.05) is 20.6 Å². The van der Waals surface area contributed by atoms with E-state index in [0.29, 0.717) is 5.16 Å². The van der Waals surface area contributed by atoms with Crippen molar-refractivity contribution in [1.29, 1.82) is 0 Å². The van der Waals surface area contributed by atoms with Crippen LogP contribution in [0, 0.1) is 0 Å². The summed E-state index contributed by atoms with van der Waals surface area (Å²) in [7, 11) is 0. The minimum Gasteiger partial charge on any atom is -0.272 e. The van der Waals surface area contributed by atoms with Gasteiger partial charge >= 0.3 is 0 Å². The molecule has 31 heavy (non-hydrogen) atoms. The van der Waals surface area contributed by atoms with Crippen LogP contribution in [0.3, 0.4) is 0 Å². The monoisotopic (exact) mass is 511 g/mol. The number of thioether (sulfide) groups is 1.